The van der Waals surface area contributed by atoms with Gasteiger partial charge in [0.25, 0.3) is 11.8 Å². The van der Waals surface area contributed by atoms with Gasteiger partial charge in [-0.25, -0.2) is 4.79 Å². The molecule has 3 rings (SSSR count). The van der Waals surface area contributed by atoms with E-state index in [0.717, 1.165) is 12.8 Å². The van der Waals surface area contributed by atoms with Crippen molar-refractivity contribution in [3.63, 3.8) is 0 Å². The second kappa shape index (κ2) is 14.3. The van der Waals surface area contributed by atoms with Crippen molar-refractivity contribution in [2.45, 2.75) is 19.0 Å². The molecule has 1 atom stereocenters. The molecule has 0 aliphatic carbocycles. The maximum absolute atomic E-state index is 12.9. The number of anilines is 1. The maximum atomic E-state index is 12.9. The van der Waals surface area contributed by atoms with E-state index in [9.17, 15) is 27.6 Å². The lowest BCUT2D eigenvalue weighted by Gasteiger charge is -2.32. The Morgan fingerprint density at radius 2 is 1.63 bits per heavy atom. The van der Waals surface area contributed by atoms with Crippen molar-refractivity contribution < 1.29 is 42.2 Å². The van der Waals surface area contributed by atoms with Crippen molar-refractivity contribution in [1.29, 1.82) is 0 Å². The third-order valence-electron chi connectivity index (χ3n) is 5.42. The first-order chi connectivity index (χ1) is 17.9. The number of nitrogens with zero attached hydrogens (tertiary/aromatic N) is 1. The van der Waals surface area contributed by atoms with Gasteiger partial charge in [-0.15, -0.1) is 0 Å². The van der Waals surface area contributed by atoms with Crippen molar-refractivity contribution >= 4 is 41.0 Å². The minimum absolute atomic E-state index is 0.0465. The van der Waals surface area contributed by atoms with E-state index < -0.39 is 12.1 Å². The zero-order valence-electron chi connectivity index (χ0n) is 20.4. The maximum Gasteiger partial charge on any atom is 0.490 e. The Morgan fingerprint density at radius 1 is 1.05 bits per heavy atom. The Bertz CT molecular complexity index is 1110. The summed E-state index contributed by atoms with van der Waals surface area (Å²) >= 11 is 5.85. The highest BCUT2D eigenvalue weighted by Crippen LogP contribution is 2.20. The van der Waals surface area contributed by atoms with Gasteiger partial charge in [0.05, 0.1) is 12.5 Å². The van der Waals surface area contributed by atoms with Crippen LogP contribution in [0.5, 0.6) is 0 Å². The number of carbonyl (C=O) groups is 4. The highest BCUT2D eigenvalue weighted by Gasteiger charge is 2.38. The summed E-state index contributed by atoms with van der Waals surface area (Å²) in [5.74, 6) is -3.39. The Labute approximate surface area is 221 Å². The number of carbonyl (C=O) groups excluding carboxylic acids is 3. The first-order valence-corrected chi connectivity index (χ1v) is 11.8. The van der Waals surface area contributed by atoms with Gasteiger partial charge < -0.3 is 25.4 Å². The highest BCUT2D eigenvalue weighted by molar-refractivity contribution is 6.30. The Kier molecular flexibility index (Phi) is 11.5. The topological polar surface area (TPSA) is 125 Å². The lowest BCUT2D eigenvalue weighted by atomic mass is 9.96. The fourth-order valence-corrected chi connectivity index (χ4v) is 3.61. The van der Waals surface area contributed by atoms with Crippen LogP contribution in [-0.2, 0) is 14.3 Å². The molecule has 9 nitrogen and oxygen atoms in total. The normalized spacial score (nSPS) is 15.1. The van der Waals surface area contributed by atoms with Crippen LogP contribution in [0.1, 0.15) is 33.6 Å². The number of aliphatic carboxylic acids is 1. The highest BCUT2D eigenvalue weighted by atomic mass is 35.5. The average molecular weight is 558 g/mol. The largest absolute Gasteiger partial charge is 0.490 e. The van der Waals surface area contributed by atoms with E-state index in [1.54, 1.807) is 60.5 Å². The first-order valence-electron chi connectivity index (χ1n) is 11.5. The summed E-state index contributed by atoms with van der Waals surface area (Å²) in [5.41, 5.74) is 1.60. The minimum Gasteiger partial charge on any atom is -0.475 e. The fourth-order valence-electron chi connectivity index (χ4n) is 3.48. The molecule has 0 bridgehead atoms. The van der Waals surface area contributed by atoms with Crippen molar-refractivity contribution in [1.82, 2.24) is 10.2 Å². The third-order valence-corrected chi connectivity index (χ3v) is 5.68. The fraction of sp³-hybridized carbons (Fsp3) is 0.360. The van der Waals surface area contributed by atoms with Crippen LogP contribution in [0, 0.1) is 5.92 Å². The molecule has 3 amide bonds. The monoisotopic (exact) mass is 557 g/mol. The van der Waals surface area contributed by atoms with Crippen LogP contribution in [0.2, 0.25) is 5.02 Å². The Morgan fingerprint density at radius 3 is 2.18 bits per heavy atom. The molecule has 1 saturated heterocycles. The summed E-state index contributed by atoms with van der Waals surface area (Å²) < 4.78 is 36.7. The van der Waals surface area contributed by atoms with E-state index in [2.05, 4.69) is 10.6 Å². The van der Waals surface area contributed by atoms with Crippen LogP contribution in [0.3, 0.4) is 0 Å². The van der Waals surface area contributed by atoms with Crippen molar-refractivity contribution in [3.05, 3.63) is 64.7 Å². The van der Waals surface area contributed by atoms with E-state index >= 15 is 0 Å². The molecule has 206 valence electrons. The molecule has 2 aromatic rings. The smallest absolute Gasteiger partial charge is 0.475 e. The van der Waals surface area contributed by atoms with Crippen LogP contribution < -0.4 is 10.6 Å². The van der Waals surface area contributed by atoms with Gasteiger partial charge in [0.2, 0.25) is 5.91 Å². The SMILES string of the molecule is COCCNC(=O)C1CCCN(C(=O)c2ccc(NC(=O)c3ccc(Cl)cc3)cc2)C1.O=C(O)C(F)(F)F. The molecule has 1 fully saturated rings. The number of ether oxygens (including phenoxy) is 1. The van der Waals surface area contributed by atoms with Crippen LogP contribution >= 0.6 is 11.6 Å². The summed E-state index contributed by atoms with van der Waals surface area (Å²) in [6, 6.07) is 13.4. The number of carboxylic acids is 1. The number of hydrogen-bond donors (Lipinski definition) is 3. The molecule has 1 unspecified atom stereocenters. The van der Waals surface area contributed by atoms with Gasteiger partial charge >= 0.3 is 12.1 Å². The molecular formula is C25H27ClF3N3O6. The van der Waals surface area contributed by atoms with E-state index in [-0.39, 0.29) is 23.6 Å². The van der Waals surface area contributed by atoms with Crippen molar-refractivity contribution in [2.75, 3.05) is 38.7 Å². The number of halogens is 4. The third kappa shape index (κ3) is 9.67. The second-order valence-electron chi connectivity index (χ2n) is 8.22. The lowest BCUT2D eigenvalue weighted by molar-refractivity contribution is -0.192. The van der Waals surface area contributed by atoms with Gasteiger partial charge in [-0.1, -0.05) is 11.6 Å². The molecule has 38 heavy (non-hydrogen) atoms. The standard InChI is InChI=1S/C23H26ClN3O4.C2HF3O2/c1-31-14-12-25-21(28)18-3-2-13-27(15-18)23(30)17-6-10-20(11-7-17)26-22(29)16-4-8-19(24)9-5-16;3-2(4,5)1(6)7/h4-11,18H,2-3,12-15H2,1H3,(H,25,28)(H,26,29);(H,6,7). The average Bonchev–Trinajstić information content (AvgIpc) is 2.89. The Hall–Kier alpha value is -3.64. The molecule has 2 aromatic carbocycles. The van der Waals surface area contributed by atoms with Crippen LogP contribution in [0.15, 0.2) is 48.5 Å². The number of likely N-dealkylation sites (tertiary alicyclic amines) is 1. The quantitative estimate of drug-likeness (QED) is 0.444. The minimum atomic E-state index is -5.08. The number of alkyl halides is 3. The number of amides is 3. The van der Waals surface area contributed by atoms with Gasteiger partial charge in [-0.05, 0) is 61.4 Å². The summed E-state index contributed by atoms with van der Waals surface area (Å²) in [4.78, 5) is 48.1. The summed E-state index contributed by atoms with van der Waals surface area (Å²) in [6.07, 6.45) is -3.54. The Balaban J connectivity index is 0.000000638. The predicted molar refractivity (Wildman–Crippen MR) is 133 cm³/mol. The van der Waals surface area contributed by atoms with E-state index in [1.165, 1.54) is 0 Å². The van der Waals surface area contributed by atoms with Gasteiger partial charge in [-0.3, -0.25) is 14.4 Å². The molecule has 13 heteroatoms. The van der Waals surface area contributed by atoms with Crippen LogP contribution in [0.25, 0.3) is 0 Å². The number of hydrogen-bond acceptors (Lipinski definition) is 5. The van der Waals surface area contributed by atoms with E-state index in [1.807, 2.05) is 0 Å². The number of benzene rings is 2. The summed E-state index contributed by atoms with van der Waals surface area (Å²) in [5, 5.41) is 13.3. The number of rotatable bonds is 7. The number of carboxylic acid groups (broad SMARTS) is 1. The van der Waals surface area contributed by atoms with Crippen LogP contribution in [0.4, 0.5) is 18.9 Å². The predicted octanol–water partition coefficient (Wildman–Crippen LogP) is 3.84. The number of nitrogens with one attached hydrogen (secondary N) is 2. The second-order valence-corrected chi connectivity index (χ2v) is 8.65. The first kappa shape index (κ1) is 30.6. The molecule has 0 spiro atoms. The van der Waals surface area contributed by atoms with Crippen LogP contribution in [-0.4, -0.2) is 73.2 Å². The van der Waals surface area contributed by atoms with Crippen molar-refractivity contribution in [2.24, 2.45) is 5.92 Å². The molecule has 0 aromatic heterocycles. The summed E-state index contributed by atoms with van der Waals surface area (Å²) in [7, 11) is 1.58. The van der Waals surface area contributed by atoms with E-state index in [4.69, 9.17) is 26.2 Å². The molecule has 0 radical (unpaired) electrons. The molecule has 0 saturated carbocycles. The zero-order valence-corrected chi connectivity index (χ0v) is 21.1. The van der Waals surface area contributed by atoms with Crippen molar-refractivity contribution in [3.8, 4) is 0 Å². The van der Waals surface area contributed by atoms with Gasteiger partial charge in [0.15, 0.2) is 0 Å². The van der Waals surface area contributed by atoms with Gasteiger partial charge in [0.1, 0.15) is 0 Å². The van der Waals surface area contributed by atoms with Gasteiger partial charge in [0, 0.05) is 48.6 Å². The number of piperidine rings is 1. The molecule has 1 aliphatic rings. The molecular weight excluding hydrogens is 531 g/mol. The molecule has 3 N–H and O–H groups in total. The number of methoxy groups -OCH3 is 1. The molecule has 1 heterocycles. The van der Waals surface area contributed by atoms with E-state index in [0.29, 0.717) is 48.1 Å². The van der Waals surface area contributed by atoms with Gasteiger partial charge in [-0.2, -0.15) is 13.2 Å². The molecule has 1 aliphatic heterocycles. The lowest BCUT2D eigenvalue weighted by Crippen LogP contribution is -2.45. The summed E-state index contributed by atoms with van der Waals surface area (Å²) in [6.45, 7) is 1.94. The zero-order chi connectivity index (χ0) is 28.3.